The molecule has 0 bridgehead atoms. The van der Waals surface area contributed by atoms with Crippen LogP contribution in [0.1, 0.15) is 33.6 Å². The predicted octanol–water partition coefficient (Wildman–Crippen LogP) is 0.812. The first-order chi connectivity index (χ1) is 12.0. The van der Waals surface area contributed by atoms with Crippen LogP contribution < -0.4 is 16.6 Å². The molecule has 0 saturated carbocycles. The average molecular weight is 339 g/mol. The number of nitrogens with two attached hydrogens (primary N) is 1. The highest BCUT2D eigenvalue weighted by Crippen LogP contribution is 2.17. The molecule has 0 fully saturated rings. The maximum absolute atomic E-state index is 12.2. The highest BCUT2D eigenvalue weighted by molar-refractivity contribution is 6.01. The summed E-state index contributed by atoms with van der Waals surface area (Å²) in [6.07, 6.45) is 2.71. The van der Waals surface area contributed by atoms with Crippen LogP contribution in [-0.4, -0.2) is 31.3 Å². The van der Waals surface area contributed by atoms with Crippen molar-refractivity contribution in [2.24, 2.45) is 0 Å². The van der Waals surface area contributed by atoms with Gasteiger partial charge in [0.1, 0.15) is 5.82 Å². The van der Waals surface area contributed by atoms with E-state index in [2.05, 4.69) is 30.4 Å². The van der Waals surface area contributed by atoms with E-state index in [4.69, 9.17) is 5.73 Å². The first-order valence-electron chi connectivity index (χ1n) is 7.65. The van der Waals surface area contributed by atoms with E-state index in [9.17, 15) is 9.59 Å². The molecule has 0 spiro atoms. The van der Waals surface area contributed by atoms with Crippen molar-refractivity contribution in [3.63, 3.8) is 0 Å². The maximum Gasteiger partial charge on any atom is 0.292 e. The zero-order chi connectivity index (χ0) is 18.0. The molecule has 0 aliphatic heterocycles. The Labute approximate surface area is 143 Å². The Balaban J connectivity index is 1.74. The van der Waals surface area contributed by atoms with Gasteiger partial charge >= 0.3 is 0 Å². The zero-order valence-corrected chi connectivity index (χ0v) is 13.8. The van der Waals surface area contributed by atoms with Crippen molar-refractivity contribution in [3.8, 4) is 0 Å². The van der Waals surface area contributed by atoms with E-state index in [-0.39, 0.29) is 11.5 Å². The quantitative estimate of drug-likeness (QED) is 0.606. The maximum atomic E-state index is 12.2. The summed E-state index contributed by atoms with van der Waals surface area (Å²) in [7, 11) is 0. The van der Waals surface area contributed by atoms with Crippen molar-refractivity contribution < 1.29 is 9.59 Å². The monoisotopic (exact) mass is 339 g/mol. The van der Waals surface area contributed by atoms with Crippen molar-refractivity contribution in [2.75, 3.05) is 5.73 Å². The summed E-state index contributed by atoms with van der Waals surface area (Å²) in [5, 5.41) is 0. The highest BCUT2D eigenvalue weighted by atomic mass is 16.2. The SMILES string of the molecule is CCn1c(C)nc2cc(C(=O)NNC(=O)c3nccnc3N)ccc21. The Kier molecular flexibility index (Phi) is 4.29. The van der Waals surface area contributed by atoms with Gasteiger partial charge in [0.05, 0.1) is 11.0 Å². The van der Waals surface area contributed by atoms with Crippen LogP contribution in [0.4, 0.5) is 5.82 Å². The molecule has 2 amide bonds. The van der Waals surface area contributed by atoms with Crippen molar-refractivity contribution in [1.29, 1.82) is 0 Å². The lowest BCUT2D eigenvalue weighted by atomic mass is 10.2. The Morgan fingerprint density at radius 1 is 1.16 bits per heavy atom. The van der Waals surface area contributed by atoms with E-state index in [1.165, 1.54) is 12.4 Å². The zero-order valence-electron chi connectivity index (χ0n) is 13.8. The van der Waals surface area contributed by atoms with Gasteiger partial charge in [-0.05, 0) is 32.0 Å². The normalized spacial score (nSPS) is 10.6. The molecule has 4 N–H and O–H groups in total. The van der Waals surface area contributed by atoms with Gasteiger partial charge in [0, 0.05) is 24.5 Å². The Hall–Kier alpha value is -3.49. The van der Waals surface area contributed by atoms with E-state index >= 15 is 0 Å². The van der Waals surface area contributed by atoms with Crippen molar-refractivity contribution in [1.82, 2.24) is 30.4 Å². The van der Waals surface area contributed by atoms with E-state index in [0.29, 0.717) is 5.56 Å². The van der Waals surface area contributed by atoms with Crippen LogP contribution in [-0.2, 0) is 6.54 Å². The molecule has 9 heteroatoms. The van der Waals surface area contributed by atoms with Gasteiger partial charge in [0.15, 0.2) is 11.5 Å². The number of nitrogens with one attached hydrogen (secondary N) is 2. The highest BCUT2D eigenvalue weighted by Gasteiger charge is 2.15. The number of benzene rings is 1. The Morgan fingerprint density at radius 2 is 1.88 bits per heavy atom. The molecule has 0 atom stereocenters. The molecular formula is C16H17N7O2. The number of hydrazine groups is 1. The number of fused-ring (bicyclic) bond motifs is 1. The molecule has 0 unspecified atom stereocenters. The van der Waals surface area contributed by atoms with Gasteiger partial charge in [-0.15, -0.1) is 0 Å². The number of aryl methyl sites for hydroxylation is 2. The third-order valence-corrected chi connectivity index (χ3v) is 3.75. The average Bonchev–Trinajstić information content (AvgIpc) is 2.93. The van der Waals surface area contributed by atoms with Crippen LogP contribution in [0.2, 0.25) is 0 Å². The largest absolute Gasteiger partial charge is 0.382 e. The summed E-state index contributed by atoms with van der Waals surface area (Å²) in [6, 6.07) is 5.18. The van der Waals surface area contributed by atoms with E-state index in [0.717, 1.165) is 23.4 Å². The molecule has 9 nitrogen and oxygen atoms in total. The minimum Gasteiger partial charge on any atom is -0.382 e. The Morgan fingerprint density at radius 3 is 2.60 bits per heavy atom. The molecule has 2 aromatic heterocycles. The standard InChI is InChI=1S/C16H17N7O2/c1-3-23-9(2)20-11-8-10(4-5-12(11)23)15(24)21-22-16(25)13-14(17)19-7-6-18-13/h4-8H,3H2,1-2H3,(H2,17,19)(H,21,24)(H,22,25). The molecule has 2 heterocycles. The molecule has 1 aromatic carbocycles. The molecule has 25 heavy (non-hydrogen) atoms. The molecule has 0 radical (unpaired) electrons. The summed E-state index contributed by atoms with van der Waals surface area (Å²) in [5.74, 6) is -0.259. The predicted molar refractivity (Wildman–Crippen MR) is 91.5 cm³/mol. The lowest BCUT2D eigenvalue weighted by Crippen LogP contribution is -2.42. The second kappa shape index (κ2) is 6.56. The van der Waals surface area contributed by atoms with Gasteiger partial charge < -0.3 is 10.3 Å². The van der Waals surface area contributed by atoms with Gasteiger partial charge in [0.25, 0.3) is 11.8 Å². The fourth-order valence-electron chi connectivity index (χ4n) is 2.56. The fourth-order valence-corrected chi connectivity index (χ4v) is 2.56. The number of aromatic nitrogens is 4. The van der Waals surface area contributed by atoms with Crippen LogP contribution in [0.3, 0.4) is 0 Å². The summed E-state index contributed by atoms with van der Waals surface area (Å²) < 4.78 is 2.05. The van der Waals surface area contributed by atoms with Gasteiger partial charge in [-0.3, -0.25) is 20.4 Å². The number of imidazole rings is 1. The van der Waals surface area contributed by atoms with Crippen LogP contribution in [0, 0.1) is 6.92 Å². The second-order valence-corrected chi connectivity index (χ2v) is 5.31. The minimum absolute atomic E-state index is 0.0174. The number of carbonyl (C=O) groups excluding carboxylic acids is 2. The molecule has 3 aromatic rings. The molecule has 0 saturated heterocycles. The molecule has 0 aliphatic carbocycles. The van der Waals surface area contributed by atoms with Gasteiger partial charge in [0.2, 0.25) is 0 Å². The number of hydrogen-bond donors (Lipinski definition) is 3. The number of carbonyl (C=O) groups is 2. The number of hydrogen-bond acceptors (Lipinski definition) is 6. The van der Waals surface area contributed by atoms with Gasteiger partial charge in [-0.1, -0.05) is 0 Å². The van der Waals surface area contributed by atoms with Crippen molar-refractivity contribution in [2.45, 2.75) is 20.4 Å². The molecular weight excluding hydrogens is 322 g/mol. The smallest absolute Gasteiger partial charge is 0.292 e. The Bertz CT molecular complexity index is 964. The summed E-state index contributed by atoms with van der Waals surface area (Å²) in [4.78, 5) is 36.3. The lowest BCUT2D eigenvalue weighted by Gasteiger charge is -2.08. The second-order valence-electron chi connectivity index (χ2n) is 5.31. The van der Waals surface area contributed by atoms with Crippen molar-refractivity contribution in [3.05, 3.63) is 47.7 Å². The molecule has 3 rings (SSSR count). The summed E-state index contributed by atoms with van der Waals surface area (Å²) in [5.41, 5.74) is 12.2. The van der Waals surface area contributed by atoms with E-state index in [1.807, 2.05) is 19.9 Å². The van der Waals surface area contributed by atoms with Crippen LogP contribution in [0.5, 0.6) is 0 Å². The molecule has 0 aliphatic rings. The topological polar surface area (TPSA) is 128 Å². The number of nitrogen functional groups attached to an aromatic ring is 1. The minimum atomic E-state index is -0.647. The van der Waals surface area contributed by atoms with Gasteiger partial charge in [-0.25, -0.2) is 15.0 Å². The van der Waals surface area contributed by atoms with E-state index in [1.54, 1.807) is 12.1 Å². The first kappa shape index (κ1) is 16.4. The van der Waals surface area contributed by atoms with Gasteiger partial charge in [-0.2, -0.15) is 0 Å². The fraction of sp³-hybridized carbons (Fsp3) is 0.188. The van der Waals surface area contributed by atoms with Crippen LogP contribution in [0.15, 0.2) is 30.6 Å². The number of nitrogens with zero attached hydrogens (tertiary/aromatic N) is 4. The van der Waals surface area contributed by atoms with E-state index < -0.39 is 11.8 Å². The van der Waals surface area contributed by atoms with Crippen LogP contribution in [0.25, 0.3) is 11.0 Å². The van der Waals surface area contributed by atoms with Crippen LogP contribution >= 0.6 is 0 Å². The number of anilines is 1. The summed E-state index contributed by atoms with van der Waals surface area (Å²) in [6.45, 7) is 4.74. The number of amides is 2. The third-order valence-electron chi connectivity index (χ3n) is 3.75. The third kappa shape index (κ3) is 3.11. The summed E-state index contributed by atoms with van der Waals surface area (Å²) >= 11 is 0. The number of rotatable bonds is 3. The first-order valence-corrected chi connectivity index (χ1v) is 7.65. The molecule has 128 valence electrons. The van der Waals surface area contributed by atoms with Crippen molar-refractivity contribution >= 4 is 28.7 Å². The lowest BCUT2D eigenvalue weighted by molar-refractivity contribution is 0.0844.